The van der Waals surface area contributed by atoms with E-state index in [0.717, 1.165) is 5.92 Å². The van der Waals surface area contributed by atoms with Crippen LogP contribution < -0.4 is 5.32 Å². The van der Waals surface area contributed by atoms with Crippen molar-refractivity contribution in [2.75, 3.05) is 13.1 Å². The van der Waals surface area contributed by atoms with Gasteiger partial charge in [0.15, 0.2) is 0 Å². The summed E-state index contributed by atoms with van der Waals surface area (Å²) in [5.41, 5.74) is 2.85. The molecule has 1 aromatic rings. The van der Waals surface area contributed by atoms with Gasteiger partial charge in [0.2, 0.25) is 0 Å². The molecule has 1 N–H and O–H groups in total. The first kappa shape index (κ1) is 10.2. The quantitative estimate of drug-likeness (QED) is 0.811. The molecule has 1 fully saturated rings. The highest BCUT2D eigenvalue weighted by Gasteiger charge is 2.15. The van der Waals surface area contributed by atoms with Crippen LogP contribution in [0.3, 0.4) is 0 Å². The summed E-state index contributed by atoms with van der Waals surface area (Å²) in [4.78, 5) is 0. The lowest BCUT2D eigenvalue weighted by molar-refractivity contribution is 0.460. The standard InChI is InChI=1S/C12H16BrN/c1-9-8-11(2-3-12(9)13)10-4-6-14-7-5-10/h2-3,8,10,14H,4-7H2,1H3. The first-order valence-electron chi connectivity index (χ1n) is 5.24. The van der Waals surface area contributed by atoms with E-state index in [-0.39, 0.29) is 0 Å². The van der Waals surface area contributed by atoms with Crippen LogP contribution in [0.1, 0.15) is 29.9 Å². The van der Waals surface area contributed by atoms with Gasteiger partial charge in [-0.05, 0) is 56.0 Å². The van der Waals surface area contributed by atoms with Gasteiger partial charge in [0.25, 0.3) is 0 Å². The van der Waals surface area contributed by atoms with Gasteiger partial charge in [-0.1, -0.05) is 28.1 Å². The molecule has 0 aliphatic carbocycles. The molecule has 0 radical (unpaired) electrons. The molecule has 1 aliphatic heterocycles. The largest absolute Gasteiger partial charge is 0.317 e. The number of rotatable bonds is 1. The Balaban J connectivity index is 2.18. The highest BCUT2D eigenvalue weighted by molar-refractivity contribution is 9.10. The van der Waals surface area contributed by atoms with Crippen molar-refractivity contribution < 1.29 is 0 Å². The number of nitrogens with one attached hydrogen (secondary N) is 1. The van der Waals surface area contributed by atoms with Crippen LogP contribution in [0.5, 0.6) is 0 Å². The number of hydrogen-bond acceptors (Lipinski definition) is 1. The highest BCUT2D eigenvalue weighted by atomic mass is 79.9. The van der Waals surface area contributed by atoms with Gasteiger partial charge in [-0.25, -0.2) is 0 Å². The highest BCUT2D eigenvalue weighted by Crippen LogP contribution is 2.28. The van der Waals surface area contributed by atoms with E-state index in [1.54, 1.807) is 0 Å². The second-order valence-electron chi connectivity index (χ2n) is 4.03. The van der Waals surface area contributed by atoms with Crippen LogP contribution in [0, 0.1) is 6.92 Å². The molecule has 76 valence electrons. The Morgan fingerprint density at radius 1 is 1.29 bits per heavy atom. The molecule has 1 aliphatic rings. The second-order valence-corrected chi connectivity index (χ2v) is 4.89. The summed E-state index contributed by atoms with van der Waals surface area (Å²) in [6.07, 6.45) is 2.56. The third-order valence-corrected chi connectivity index (χ3v) is 3.88. The maximum atomic E-state index is 3.54. The topological polar surface area (TPSA) is 12.0 Å². The van der Waals surface area contributed by atoms with Crippen LogP contribution in [0.2, 0.25) is 0 Å². The fraction of sp³-hybridized carbons (Fsp3) is 0.500. The summed E-state index contributed by atoms with van der Waals surface area (Å²) >= 11 is 3.54. The summed E-state index contributed by atoms with van der Waals surface area (Å²) in [6.45, 7) is 4.49. The van der Waals surface area contributed by atoms with E-state index in [0.29, 0.717) is 0 Å². The van der Waals surface area contributed by atoms with Gasteiger partial charge < -0.3 is 5.32 Å². The first-order chi connectivity index (χ1) is 6.77. The number of hydrogen-bond donors (Lipinski definition) is 1. The van der Waals surface area contributed by atoms with E-state index in [1.165, 1.54) is 41.5 Å². The van der Waals surface area contributed by atoms with E-state index in [1.807, 2.05) is 0 Å². The molecule has 0 saturated carbocycles. The van der Waals surface area contributed by atoms with Crippen molar-refractivity contribution in [1.29, 1.82) is 0 Å². The van der Waals surface area contributed by atoms with E-state index < -0.39 is 0 Å². The van der Waals surface area contributed by atoms with E-state index in [9.17, 15) is 0 Å². The van der Waals surface area contributed by atoms with Crippen molar-refractivity contribution in [3.05, 3.63) is 33.8 Å². The maximum Gasteiger partial charge on any atom is 0.0204 e. The summed E-state index contributed by atoms with van der Waals surface area (Å²) in [5, 5.41) is 3.40. The smallest absolute Gasteiger partial charge is 0.0204 e. The van der Waals surface area contributed by atoms with Crippen molar-refractivity contribution in [3.63, 3.8) is 0 Å². The Bertz CT molecular complexity index is 316. The average Bonchev–Trinajstić information content (AvgIpc) is 2.23. The zero-order valence-corrected chi connectivity index (χ0v) is 10.1. The number of benzene rings is 1. The molecule has 1 heterocycles. The second kappa shape index (κ2) is 4.45. The van der Waals surface area contributed by atoms with E-state index in [2.05, 4.69) is 46.4 Å². The van der Waals surface area contributed by atoms with Crippen LogP contribution in [0.25, 0.3) is 0 Å². The Kier molecular flexibility index (Phi) is 3.24. The van der Waals surface area contributed by atoms with Gasteiger partial charge in [-0.15, -0.1) is 0 Å². The van der Waals surface area contributed by atoms with Gasteiger partial charge in [-0.3, -0.25) is 0 Å². The van der Waals surface area contributed by atoms with Crippen LogP contribution in [-0.2, 0) is 0 Å². The number of piperidine rings is 1. The SMILES string of the molecule is Cc1cc(C2CCNCC2)ccc1Br. The molecule has 0 atom stereocenters. The molecule has 1 aromatic carbocycles. The molecule has 14 heavy (non-hydrogen) atoms. The van der Waals surface area contributed by atoms with Crippen molar-refractivity contribution in [2.24, 2.45) is 0 Å². The normalized spacial score (nSPS) is 18.4. The minimum absolute atomic E-state index is 0.767. The molecule has 0 spiro atoms. The number of aryl methyl sites for hydroxylation is 1. The zero-order valence-electron chi connectivity index (χ0n) is 8.52. The Morgan fingerprint density at radius 3 is 2.64 bits per heavy atom. The Hall–Kier alpha value is -0.340. The predicted molar refractivity (Wildman–Crippen MR) is 63.7 cm³/mol. The first-order valence-corrected chi connectivity index (χ1v) is 6.03. The predicted octanol–water partition coefficient (Wildman–Crippen LogP) is 3.22. The zero-order chi connectivity index (χ0) is 9.97. The third kappa shape index (κ3) is 2.18. The number of halogens is 1. The molecular weight excluding hydrogens is 238 g/mol. The van der Waals surface area contributed by atoms with Crippen molar-refractivity contribution >= 4 is 15.9 Å². The molecule has 0 amide bonds. The average molecular weight is 254 g/mol. The maximum absolute atomic E-state index is 3.54. The molecule has 1 saturated heterocycles. The fourth-order valence-electron chi connectivity index (χ4n) is 2.08. The van der Waals surface area contributed by atoms with E-state index in [4.69, 9.17) is 0 Å². The Labute approximate surface area is 94.0 Å². The van der Waals surface area contributed by atoms with Crippen molar-refractivity contribution in [1.82, 2.24) is 5.32 Å². The Morgan fingerprint density at radius 2 is 2.00 bits per heavy atom. The van der Waals surface area contributed by atoms with Gasteiger partial charge in [0.05, 0.1) is 0 Å². The van der Waals surface area contributed by atoms with Crippen LogP contribution >= 0.6 is 15.9 Å². The van der Waals surface area contributed by atoms with Crippen LogP contribution in [-0.4, -0.2) is 13.1 Å². The summed E-state index contributed by atoms with van der Waals surface area (Å²) in [6, 6.07) is 6.75. The molecule has 0 bridgehead atoms. The van der Waals surface area contributed by atoms with Gasteiger partial charge in [-0.2, -0.15) is 0 Å². The van der Waals surface area contributed by atoms with Gasteiger partial charge in [0, 0.05) is 4.47 Å². The summed E-state index contributed by atoms with van der Waals surface area (Å²) in [5.74, 6) is 0.767. The minimum atomic E-state index is 0.767. The van der Waals surface area contributed by atoms with Gasteiger partial charge >= 0.3 is 0 Å². The molecule has 0 unspecified atom stereocenters. The van der Waals surface area contributed by atoms with Gasteiger partial charge in [0.1, 0.15) is 0 Å². The lowest BCUT2D eigenvalue weighted by atomic mass is 9.89. The van der Waals surface area contributed by atoms with Crippen LogP contribution in [0.4, 0.5) is 0 Å². The minimum Gasteiger partial charge on any atom is -0.317 e. The summed E-state index contributed by atoms with van der Waals surface area (Å²) in [7, 11) is 0. The monoisotopic (exact) mass is 253 g/mol. The summed E-state index contributed by atoms with van der Waals surface area (Å²) < 4.78 is 1.22. The fourth-order valence-corrected chi connectivity index (χ4v) is 2.32. The molecule has 1 nitrogen and oxygen atoms in total. The van der Waals surface area contributed by atoms with E-state index >= 15 is 0 Å². The molecule has 2 heteroatoms. The van der Waals surface area contributed by atoms with Crippen LogP contribution in [0.15, 0.2) is 22.7 Å². The van der Waals surface area contributed by atoms with Crippen molar-refractivity contribution in [2.45, 2.75) is 25.7 Å². The third-order valence-electron chi connectivity index (χ3n) is 2.99. The van der Waals surface area contributed by atoms with Crippen molar-refractivity contribution in [3.8, 4) is 0 Å². The molecule has 0 aromatic heterocycles. The lowest BCUT2D eigenvalue weighted by Crippen LogP contribution is -2.26. The molecular formula is C12H16BrN. The molecule has 2 rings (SSSR count). The lowest BCUT2D eigenvalue weighted by Gasteiger charge is -2.23.